The van der Waals surface area contributed by atoms with Gasteiger partial charge in [0.05, 0.1) is 22.4 Å². The lowest BCUT2D eigenvalue weighted by molar-refractivity contribution is 0.587. The van der Waals surface area contributed by atoms with Gasteiger partial charge in [0.1, 0.15) is 11.0 Å². The lowest BCUT2D eigenvalue weighted by Gasteiger charge is -2.14. The molecule has 7 aromatic rings. The van der Waals surface area contributed by atoms with Crippen LogP contribution in [0.2, 0.25) is 0 Å². The summed E-state index contributed by atoms with van der Waals surface area (Å²) in [5.74, 6) is -1.02. The molecule has 0 aliphatic carbocycles. The highest BCUT2D eigenvalue weighted by Gasteiger charge is 2.15. The van der Waals surface area contributed by atoms with Gasteiger partial charge in [-0.25, -0.2) is 19.9 Å². The lowest BCUT2D eigenvalue weighted by atomic mass is 9.95. The number of fused-ring (bicyclic) bond motifs is 6. The van der Waals surface area contributed by atoms with Gasteiger partial charge in [-0.3, -0.25) is 0 Å². The summed E-state index contributed by atoms with van der Waals surface area (Å²) in [6.07, 6.45) is 0. The second kappa shape index (κ2) is 8.85. The van der Waals surface area contributed by atoms with Crippen LogP contribution in [-0.4, -0.2) is 19.9 Å². The molecule has 0 amide bonds. The van der Waals surface area contributed by atoms with Gasteiger partial charge in [-0.05, 0) is 86.3 Å². The van der Waals surface area contributed by atoms with E-state index in [2.05, 4.69) is 22.1 Å². The van der Waals surface area contributed by atoms with E-state index in [1.165, 1.54) is 12.1 Å². The maximum absolute atomic E-state index is 14.2. The molecule has 4 nitrogen and oxygen atoms in total. The average Bonchev–Trinajstić information content (AvgIpc) is 2.93. The van der Waals surface area contributed by atoms with Crippen molar-refractivity contribution in [3.63, 3.8) is 0 Å². The molecule has 194 valence electrons. The first-order valence-electron chi connectivity index (χ1n) is 13.1. The minimum absolute atomic E-state index is 0.509. The second-order valence-corrected chi connectivity index (χ2v) is 10.5. The number of hydrogen-bond donors (Lipinski definition) is 0. The van der Waals surface area contributed by atoms with Crippen LogP contribution in [0.1, 0.15) is 22.3 Å². The molecule has 7 rings (SSSR count). The van der Waals surface area contributed by atoms with E-state index in [1.807, 2.05) is 76.2 Å². The standard InChI is InChI=1S/C34H24F2N4/c1-17-13-26(28-12-8-22-6-10-24-20(4)16-30(36)40-34(24)32(22)38-28)18(2)14-25(17)27-11-7-21-5-9-23-19(3)15-29(35)39-33(23)31(21)37-27/h5-16H,1-4H3. The SMILES string of the molecule is Cc1cc(-c2ccc3ccc4c(C)cc(F)nc4c3n2)c(C)cc1-c1ccc2ccc3c(C)cc(F)nc3c2n1. The van der Waals surface area contributed by atoms with Gasteiger partial charge in [0.25, 0.3) is 0 Å². The number of aromatic nitrogens is 4. The number of halogens is 2. The third-order valence-electron chi connectivity index (χ3n) is 7.75. The topological polar surface area (TPSA) is 51.6 Å². The molecule has 0 aliphatic heterocycles. The van der Waals surface area contributed by atoms with Crippen LogP contribution in [0, 0.1) is 39.6 Å². The van der Waals surface area contributed by atoms with Crippen molar-refractivity contribution in [3.8, 4) is 22.5 Å². The van der Waals surface area contributed by atoms with Crippen molar-refractivity contribution in [2.75, 3.05) is 0 Å². The summed E-state index contributed by atoms with van der Waals surface area (Å²) in [7, 11) is 0. The van der Waals surface area contributed by atoms with Gasteiger partial charge in [0, 0.05) is 32.7 Å². The van der Waals surface area contributed by atoms with Crippen LogP contribution in [0.15, 0.2) is 72.8 Å². The number of benzene rings is 3. The molecule has 0 fully saturated rings. The molecule has 0 N–H and O–H groups in total. The van der Waals surface area contributed by atoms with E-state index >= 15 is 0 Å². The zero-order chi connectivity index (χ0) is 27.7. The molecule has 0 bridgehead atoms. The van der Waals surface area contributed by atoms with Crippen molar-refractivity contribution < 1.29 is 8.78 Å². The minimum atomic E-state index is -0.509. The Bertz CT molecular complexity index is 2030. The Morgan fingerprint density at radius 1 is 0.425 bits per heavy atom. The van der Waals surface area contributed by atoms with Crippen LogP contribution in [0.25, 0.3) is 66.1 Å². The predicted octanol–water partition coefficient (Wildman–Crippen LogP) is 8.73. The molecule has 0 unspecified atom stereocenters. The molecular formula is C34H24F2N4. The summed E-state index contributed by atoms with van der Waals surface area (Å²) in [4.78, 5) is 18.3. The molecule has 0 spiro atoms. The molecule has 0 atom stereocenters. The molecule has 4 aromatic heterocycles. The van der Waals surface area contributed by atoms with Crippen molar-refractivity contribution in [1.82, 2.24) is 19.9 Å². The Labute approximate surface area is 229 Å². The number of hydrogen-bond acceptors (Lipinski definition) is 4. The fourth-order valence-electron chi connectivity index (χ4n) is 5.67. The largest absolute Gasteiger partial charge is 0.245 e. The van der Waals surface area contributed by atoms with Gasteiger partial charge in [-0.1, -0.05) is 36.4 Å². The molecule has 0 radical (unpaired) electrons. The molecule has 3 aromatic carbocycles. The lowest BCUT2D eigenvalue weighted by Crippen LogP contribution is -1.96. The summed E-state index contributed by atoms with van der Waals surface area (Å²) in [5, 5.41) is 3.60. The predicted molar refractivity (Wildman–Crippen MR) is 157 cm³/mol. The van der Waals surface area contributed by atoms with Crippen LogP contribution in [0.4, 0.5) is 8.78 Å². The van der Waals surface area contributed by atoms with E-state index in [9.17, 15) is 8.78 Å². The first-order valence-corrected chi connectivity index (χ1v) is 13.1. The average molecular weight is 527 g/mol. The van der Waals surface area contributed by atoms with E-state index in [-0.39, 0.29) is 0 Å². The highest BCUT2D eigenvalue weighted by molar-refractivity contribution is 6.05. The first-order chi connectivity index (χ1) is 19.3. The maximum Gasteiger partial charge on any atom is 0.213 e. The van der Waals surface area contributed by atoms with E-state index < -0.39 is 11.9 Å². The van der Waals surface area contributed by atoms with Crippen LogP contribution < -0.4 is 0 Å². The van der Waals surface area contributed by atoms with Crippen molar-refractivity contribution in [2.24, 2.45) is 0 Å². The molecule has 4 heterocycles. The number of aryl methyl sites for hydroxylation is 4. The molecule has 0 saturated heterocycles. The Morgan fingerprint density at radius 2 is 0.825 bits per heavy atom. The van der Waals surface area contributed by atoms with Gasteiger partial charge < -0.3 is 0 Å². The summed E-state index contributed by atoms with van der Waals surface area (Å²) < 4.78 is 28.5. The summed E-state index contributed by atoms with van der Waals surface area (Å²) in [6.45, 7) is 7.86. The summed E-state index contributed by atoms with van der Waals surface area (Å²) in [5.41, 5.74) is 9.77. The third-order valence-corrected chi connectivity index (χ3v) is 7.75. The maximum atomic E-state index is 14.2. The van der Waals surface area contributed by atoms with Gasteiger partial charge in [0.2, 0.25) is 11.9 Å². The fraction of sp³-hybridized carbons (Fsp3) is 0.118. The summed E-state index contributed by atoms with van der Waals surface area (Å²) in [6, 6.07) is 23.0. The van der Waals surface area contributed by atoms with Crippen LogP contribution in [-0.2, 0) is 0 Å². The van der Waals surface area contributed by atoms with Crippen molar-refractivity contribution in [2.45, 2.75) is 27.7 Å². The van der Waals surface area contributed by atoms with Crippen LogP contribution in [0.3, 0.4) is 0 Å². The molecule has 0 aliphatic rings. The number of rotatable bonds is 2. The quantitative estimate of drug-likeness (QED) is 0.167. The van der Waals surface area contributed by atoms with Crippen molar-refractivity contribution in [3.05, 3.63) is 107 Å². The molecule has 40 heavy (non-hydrogen) atoms. The normalized spacial score (nSPS) is 11.8. The fourth-order valence-corrected chi connectivity index (χ4v) is 5.67. The third kappa shape index (κ3) is 3.79. The van der Waals surface area contributed by atoms with Gasteiger partial charge in [-0.2, -0.15) is 8.78 Å². The Morgan fingerprint density at radius 3 is 1.25 bits per heavy atom. The highest BCUT2D eigenvalue weighted by Crippen LogP contribution is 2.34. The number of pyridine rings is 4. The smallest absolute Gasteiger partial charge is 0.213 e. The monoisotopic (exact) mass is 526 g/mol. The minimum Gasteiger partial charge on any atom is -0.245 e. The number of nitrogens with zero attached hydrogens (tertiary/aromatic N) is 4. The Hall–Kier alpha value is -4.84. The summed E-state index contributed by atoms with van der Waals surface area (Å²) >= 11 is 0. The van der Waals surface area contributed by atoms with Gasteiger partial charge in [0.15, 0.2) is 0 Å². The van der Waals surface area contributed by atoms with Crippen molar-refractivity contribution >= 4 is 43.6 Å². The van der Waals surface area contributed by atoms with Crippen LogP contribution >= 0.6 is 0 Å². The van der Waals surface area contributed by atoms with E-state index in [4.69, 9.17) is 9.97 Å². The molecular weight excluding hydrogens is 502 g/mol. The first kappa shape index (κ1) is 24.2. The van der Waals surface area contributed by atoms with Crippen molar-refractivity contribution in [1.29, 1.82) is 0 Å². The molecule has 6 heteroatoms. The molecule has 0 saturated carbocycles. The van der Waals surface area contributed by atoms with Gasteiger partial charge in [-0.15, -0.1) is 0 Å². The van der Waals surface area contributed by atoms with Gasteiger partial charge >= 0.3 is 0 Å². The highest BCUT2D eigenvalue weighted by atomic mass is 19.1. The van der Waals surface area contributed by atoms with Crippen LogP contribution in [0.5, 0.6) is 0 Å². The van der Waals surface area contributed by atoms with E-state index in [1.54, 1.807) is 0 Å². The van der Waals surface area contributed by atoms with E-state index in [0.717, 1.165) is 66.3 Å². The Kier molecular flexibility index (Phi) is 5.36. The zero-order valence-corrected chi connectivity index (χ0v) is 22.5. The Balaban J connectivity index is 1.38. The second-order valence-electron chi connectivity index (χ2n) is 10.5. The zero-order valence-electron chi connectivity index (χ0n) is 22.5. The van der Waals surface area contributed by atoms with E-state index in [0.29, 0.717) is 22.1 Å².